The summed E-state index contributed by atoms with van der Waals surface area (Å²) in [6, 6.07) is 6.95. The summed E-state index contributed by atoms with van der Waals surface area (Å²) in [6.07, 6.45) is 2.99. The summed E-state index contributed by atoms with van der Waals surface area (Å²) in [5, 5.41) is 3.01. The number of hydrogen-bond donors (Lipinski definition) is 1. The van der Waals surface area contributed by atoms with Crippen LogP contribution in [0.3, 0.4) is 0 Å². The quantitative estimate of drug-likeness (QED) is 0.403. The minimum absolute atomic E-state index is 0.00597. The second-order valence-electron chi connectivity index (χ2n) is 4.04. The zero-order valence-electron chi connectivity index (χ0n) is 10.4. The lowest BCUT2D eigenvalue weighted by Gasteiger charge is -2.27. The molecule has 0 radical (unpaired) electrons. The number of benzene rings is 1. The fourth-order valence-electron chi connectivity index (χ4n) is 1.74. The van der Waals surface area contributed by atoms with Gasteiger partial charge in [0.1, 0.15) is 5.57 Å². The maximum Gasteiger partial charge on any atom is 0.265 e. The Morgan fingerprint density at radius 2 is 2.05 bits per heavy atom. The van der Waals surface area contributed by atoms with Crippen LogP contribution in [-0.4, -0.2) is 28.4 Å². The van der Waals surface area contributed by atoms with Crippen molar-refractivity contribution in [1.82, 2.24) is 10.2 Å². The van der Waals surface area contributed by atoms with Gasteiger partial charge in [0, 0.05) is 11.6 Å². The van der Waals surface area contributed by atoms with Crippen molar-refractivity contribution >= 4 is 46.8 Å². The van der Waals surface area contributed by atoms with Crippen molar-refractivity contribution in [2.24, 2.45) is 0 Å². The van der Waals surface area contributed by atoms with Crippen molar-refractivity contribution in [2.45, 2.75) is 0 Å². The van der Waals surface area contributed by atoms with Gasteiger partial charge >= 0.3 is 0 Å². The lowest BCUT2D eigenvalue weighted by atomic mass is 10.1. The Morgan fingerprint density at radius 1 is 1.35 bits per heavy atom. The SMILES string of the molecule is C=CCN1C(=O)/C(=C\c2ccccc2Cl)C(=O)NC1=S. The third-order valence-corrected chi connectivity index (χ3v) is 3.37. The number of rotatable bonds is 3. The summed E-state index contributed by atoms with van der Waals surface area (Å²) in [6.45, 7) is 3.79. The first-order valence-electron chi connectivity index (χ1n) is 5.79. The van der Waals surface area contributed by atoms with Crippen LogP contribution in [0.25, 0.3) is 6.08 Å². The maximum atomic E-state index is 12.3. The lowest BCUT2D eigenvalue weighted by molar-refractivity contribution is -0.128. The number of nitrogens with zero attached hydrogens (tertiary/aromatic N) is 1. The molecule has 102 valence electrons. The van der Waals surface area contributed by atoms with E-state index in [1.807, 2.05) is 0 Å². The summed E-state index contributed by atoms with van der Waals surface area (Å²) in [5.41, 5.74) is 0.590. The molecule has 1 N–H and O–H groups in total. The highest BCUT2D eigenvalue weighted by Crippen LogP contribution is 2.20. The normalized spacial score (nSPS) is 17.4. The molecule has 1 saturated heterocycles. The van der Waals surface area contributed by atoms with Gasteiger partial charge in [0.15, 0.2) is 5.11 Å². The standard InChI is InChI=1S/C14H11ClN2O2S/c1-2-7-17-13(19)10(12(18)16-14(17)20)8-9-5-3-4-6-11(9)15/h2-6,8H,1,7H2,(H,16,18,20)/b10-8-. The van der Waals surface area contributed by atoms with Crippen LogP contribution in [-0.2, 0) is 9.59 Å². The zero-order chi connectivity index (χ0) is 14.7. The van der Waals surface area contributed by atoms with Gasteiger partial charge in [-0.25, -0.2) is 0 Å². The van der Waals surface area contributed by atoms with Crippen molar-refractivity contribution in [1.29, 1.82) is 0 Å². The van der Waals surface area contributed by atoms with Gasteiger partial charge in [-0.2, -0.15) is 0 Å². The molecule has 0 bridgehead atoms. The number of carbonyl (C=O) groups is 2. The molecular weight excluding hydrogens is 296 g/mol. The van der Waals surface area contributed by atoms with Gasteiger partial charge in [0.25, 0.3) is 11.8 Å². The number of thiocarbonyl (C=S) groups is 1. The summed E-state index contributed by atoms with van der Waals surface area (Å²) < 4.78 is 0. The topological polar surface area (TPSA) is 49.4 Å². The highest BCUT2D eigenvalue weighted by molar-refractivity contribution is 7.80. The van der Waals surface area contributed by atoms with Crippen molar-refractivity contribution in [3.63, 3.8) is 0 Å². The van der Waals surface area contributed by atoms with Gasteiger partial charge in [-0.05, 0) is 29.9 Å². The van der Waals surface area contributed by atoms with E-state index in [1.165, 1.54) is 17.1 Å². The van der Waals surface area contributed by atoms with E-state index >= 15 is 0 Å². The lowest BCUT2D eigenvalue weighted by Crippen LogP contribution is -2.53. The zero-order valence-corrected chi connectivity index (χ0v) is 12.0. The average Bonchev–Trinajstić information content (AvgIpc) is 2.41. The Labute approximate surface area is 126 Å². The minimum Gasteiger partial charge on any atom is -0.298 e. The van der Waals surface area contributed by atoms with E-state index in [4.69, 9.17) is 23.8 Å². The average molecular weight is 307 g/mol. The van der Waals surface area contributed by atoms with Crippen LogP contribution in [0, 0.1) is 0 Å². The highest BCUT2D eigenvalue weighted by atomic mass is 35.5. The molecule has 2 amide bonds. The van der Waals surface area contributed by atoms with Gasteiger partial charge in [-0.3, -0.25) is 19.8 Å². The van der Waals surface area contributed by atoms with Gasteiger partial charge in [-0.1, -0.05) is 35.9 Å². The van der Waals surface area contributed by atoms with E-state index in [0.717, 1.165) is 0 Å². The van der Waals surface area contributed by atoms with Gasteiger partial charge in [-0.15, -0.1) is 6.58 Å². The Hall–Kier alpha value is -1.98. The summed E-state index contributed by atoms with van der Waals surface area (Å²) in [7, 11) is 0. The van der Waals surface area contributed by atoms with E-state index in [0.29, 0.717) is 10.6 Å². The van der Waals surface area contributed by atoms with Crippen LogP contribution in [0.5, 0.6) is 0 Å². The Balaban J connectivity index is 2.42. The van der Waals surface area contributed by atoms with Gasteiger partial charge in [0.2, 0.25) is 0 Å². The monoisotopic (exact) mass is 306 g/mol. The second kappa shape index (κ2) is 5.98. The smallest absolute Gasteiger partial charge is 0.265 e. The molecule has 0 aromatic heterocycles. The Kier molecular flexibility index (Phi) is 4.32. The summed E-state index contributed by atoms with van der Waals surface area (Å²) in [5.74, 6) is -0.987. The number of carbonyl (C=O) groups excluding carboxylic acids is 2. The van der Waals surface area contributed by atoms with E-state index in [1.54, 1.807) is 24.3 Å². The molecule has 0 spiro atoms. The van der Waals surface area contributed by atoms with E-state index in [-0.39, 0.29) is 17.2 Å². The molecule has 1 heterocycles. The molecule has 4 nitrogen and oxygen atoms in total. The summed E-state index contributed by atoms with van der Waals surface area (Å²) in [4.78, 5) is 25.4. The molecule has 0 aliphatic carbocycles. The predicted molar refractivity (Wildman–Crippen MR) is 82.1 cm³/mol. The fourth-order valence-corrected chi connectivity index (χ4v) is 2.18. The van der Waals surface area contributed by atoms with Crippen LogP contribution < -0.4 is 5.32 Å². The van der Waals surface area contributed by atoms with Crippen molar-refractivity contribution in [3.8, 4) is 0 Å². The largest absolute Gasteiger partial charge is 0.298 e. The number of nitrogens with one attached hydrogen (secondary N) is 1. The first-order valence-corrected chi connectivity index (χ1v) is 6.57. The van der Waals surface area contributed by atoms with Crippen molar-refractivity contribution < 1.29 is 9.59 Å². The van der Waals surface area contributed by atoms with Crippen molar-refractivity contribution in [3.05, 3.63) is 53.1 Å². The van der Waals surface area contributed by atoms with Gasteiger partial charge in [0.05, 0.1) is 0 Å². The first kappa shape index (κ1) is 14.4. The Bertz CT molecular complexity index is 640. The number of amides is 2. The van der Waals surface area contributed by atoms with Crippen LogP contribution >= 0.6 is 23.8 Å². The maximum absolute atomic E-state index is 12.3. The second-order valence-corrected chi connectivity index (χ2v) is 4.84. The van der Waals surface area contributed by atoms with Gasteiger partial charge < -0.3 is 0 Å². The minimum atomic E-state index is -0.528. The molecular formula is C14H11ClN2O2S. The van der Waals surface area contributed by atoms with Crippen molar-refractivity contribution in [2.75, 3.05) is 6.54 Å². The fraction of sp³-hybridized carbons (Fsp3) is 0.0714. The molecule has 1 aromatic rings. The summed E-state index contributed by atoms with van der Waals surface area (Å²) >= 11 is 11.0. The molecule has 0 unspecified atom stereocenters. The third-order valence-electron chi connectivity index (χ3n) is 2.70. The van der Waals surface area contributed by atoms with E-state index < -0.39 is 11.8 Å². The Morgan fingerprint density at radius 3 is 2.70 bits per heavy atom. The van der Waals surface area contributed by atoms with Crippen LogP contribution in [0.1, 0.15) is 5.56 Å². The highest BCUT2D eigenvalue weighted by Gasteiger charge is 2.32. The molecule has 20 heavy (non-hydrogen) atoms. The molecule has 6 heteroatoms. The molecule has 0 atom stereocenters. The number of hydrogen-bond acceptors (Lipinski definition) is 3. The molecule has 0 saturated carbocycles. The van der Waals surface area contributed by atoms with Crippen LogP contribution in [0.15, 0.2) is 42.5 Å². The molecule has 1 fully saturated rings. The molecule has 1 aliphatic heterocycles. The molecule has 2 rings (SSSR count). The van der Waals surface area contributed by atoms with Crippen LogP contribution in [0.2, 0.25) is 5.02 Å². The molecule has 1 aliphatic rings. The first-order chi connectivity index (χ1) is 9.54. The predicted octanol–water partition coefficient (Wildman–Crippen LogP) is 2.15. The number of halogens is 1. The third kappa shape index (κ3) is 2.79. The van der Waals surface area contributed by atoms with Crippen LogP contribution in [0.4, 0.5) is 0 Å². The van der Waals surface area contributed by atoms with E-state index in [9.17, 15) is 9.59 Å². The molecule has 1 aromatic carbocycles. The van der Waals surface area contributed by atoms with E-state index in [2.05, 4.69) is 11.9 Å².